The number of nitrogens with one attached hydrogen (secondary N) is 1. The molecule has 3 amide bonds. The molecule has 10 nitrogen and oxygen atoms in total. The second-order valence-corrected chi connectivity index (χ2v) is 7.13. The molecule has 0 saturated carbocycles. The van der Waals surface area contributed by atoms with E-state index in [0.717, 1.165) is 5.56 Å². The number of ether oxygens (including phenoxy) is 2. The fourth-order valence-electron chi connectivity index (χ4n) is 2.44. The van der Waals surface area contributed by atoms with Crippen LogP contribution in [-0.4, -0.2) is 23.5 Å². The van der Waals surface area contributed by atoms with Crippen molar-refractivity contribution >= 4 is 46.3 Å². The van der Waals surface area contributed by atoms with Crippen molar-refractivity contribution in [3.63, 3.8) is 0 Å². The normalized spacial score (nSPS) is 10.7. The molecule has 0 heterocycles. The van der Waals surface area contributed by atoms with E-state index in [1.54, 1.807) is 37.3 Å². The third-order valence-electron chi connectivity index (χ3n) is 3.77. The number of nitrogens with zero attached hydrogens (tertiary/aromatic N) is 2. The second-order valence-electron chi connectivity index (χ2n) is 5.96. The van der Waals surface area contributed by atoms with E-state index in [0.29, 0.717) is 27.2 Å². The van der Waals surface area contributed by atoms with Gasteiger partial charge in [0.2, 0.25) is 0 Å². The lowest BCUT2D eigenvalue weighted by atomic mass is 10.1. The molecule has 31 heavy (non-hydrogen) atoms. The van der Waals surface area contributed by atoms with Gasteiger partial charge in [0.15, 0.2) is 11.5 Å². The number of nitro benzene ring substituents is 1. The average Bonchev–Trinajstić information content (AvgIpc) is 2.71. The Morgan fingerprint density at radius 3 is 2.52 bits per heavy atom. The van der Waals surface area contributed by atoms with Crippen molar-refractivity contribution in [3.05, 3.63) is 66.8 Å². The number of hydrogen-bond acceptors (Lipinski definition) is 7. The van der Waals surface area contributed by atoms with E-state index in [1.165, 1.54) is 18.2 Å². The topological polar surface area (TPSA) is 158 Å². The summed E-state index contributed by atoms with van der Waals surface area (Å²) in [6.45, 7) is 2.27. The molecule has 2 rings (SSSR count). The minimum atomic E-state index is -1.06. The minimum absolute atomic E-state index is 0.0156. The molecular formula is C20H17IN4O6. The molecule has 11 heteroatoms. The number of non-ortho nitro benzene ring substituents is 1. The molecule has 0 saturated heterocycles. The van der Waals surface area contributed by atoms with Crippen LogP contribution in [0.4, 0.5) is 10.5 Å². The summed E-state index contributed by atoms with van der Waals surface area (Å²) in [5.74, 6) is -0.0883. The lowest BCUT2D eigenvalue weighted by molar-refractivity contribution is -0.384. The Morgan fingerprint density at radius 2 is 1.97 bits per heavy atom. The number of urea groups is 1. The number of imide groups is 1. The highest BCUT2D eigenvalue weighted by atomic mass is 127. The van der Waals surface area contributed by atoms with E-state index in [9.17, 15) is 25.0 Å². The van der Waals surface area contributed by atoms with Gasteiger partial charge in [-0.15, -0.1) is 0 Å². The molecule has 0 atom stereocenters. The van der Waals surface area contributed by atoms with E-state index < -0.39 is 16.9 Å². The van der Waals surface area contributed by atoms with Crippen molar-refractivity contribution in [1.29, 1.82) is 5.26 Å². The van der Waals surface area contributed by atoms with Crippen LogP contribution in [0, 0.1) is 25.0 Å². The first-order valence-electron chi connectivity index (χ1n) is 8.80. The Kier molecular flexibility index (Phi) is 8.33. The van der Waals surface area contributed by atoms with Gasteiger partial charge in [-0.1, -0.05) is 0 Å². The predicted molar refractivity (Wildman–Crippen MR) is 119 cm³/mol. The van der Waals surface area contributed by atoms with Crippen molar-refractivity contribution in [2.75, 3.05) is 6.61 Å². The summed E-state index contributed by atoms with van der Waals surface area (Å²) in [5.41, 5.74) is 5.79. The quantitative estimate of drug-likeness (QED) is 0.172. The molecular weight excluding hydrogens is 519 g/mol. The second kappa shape index (κ2) is 10.9. The summed E-state index contributed by atoms with van der Waals surface area (Å²) in [5, 5.41) is 21.8. The van der Waals surface area contributed by atoms with Gasteiger partial charge in [-0.25, -0.2) is 4.79 Å². The van der Waals surface area contributed by atoms with Gasteiger partial charge in [0.05, 0.1) is 15.1 Å². The van der Waals surface area contributed by atoms with Crippen LogP contribution < -0.4 is 20.5 Å². The summed E-state index contributed by atoms with van der Waals surface area (Å²) in [6, 6.07) is 9.89. The van der Waals surface area contributed by atoms with Gasteiger partial charge in [-0.2, -0.15) is 5.26 Å². The first kappa shape index (κ1) is 23.6. The molecule has 0 spiro atoms. The summed E-state index contributed by atoms with van der Waals surface area (Å²) >= 11 is 2.02. The number of benzene rings is 2. The van der Waals surface area contributed by atoms with Crippen molar-refractivity contribution in [3.8, 4) is 17.6 Å². The number of rotatable bonds is 8. The number of halogens is 1. The Balaban J connectivity index is 2.30. The number of carbonyl (C=O) groups is 2. The zero-order chi connectivity index (χ0) is 23.0. The number of nitrogens with two attached hydrogens (primary N) is 1. The average molecular weight is 536 g/mol. The van der Waals surface area contributed by atoms with E-state index in [4.69, 9.17) is 15.2 Å². The summed E-state index contributed by atoms with van der Waals surface area (Å²) < 4.78 is 12.1. The molecule has 2 aromatic rings. The fraction of sp³-hybridized carbons (Fsp3) is 0.150. The van der Waals surface area contributed by atoms with Gasteiger partial charge >= 0.3 is 6.03 Å². The van der Waals surface area contributed by atoms with Crippen molar-refractivity contribution in [2.45, 2.75) is 13.5 Å². The third kappa shape index (κ3) is 6.68. The molecule has 0 aromatic heterocycles. The molecule has 2 aromatic carbocycles. The van der Waals surface area contributed by atoms with Gasteiger partial charge in [0, 0.05) is 12.1 Å². The molecule has 0 radical (unpaired) electrons. The maximum atomic E-state index is 11.9. The van der Waals surface area contributed by atoms with Crippen LogP contribution in [0.1, 0.15) is 18.1 Å². The van der Waals surface area contributed by atoms with Gasteiger partial charge in [0.25, 0.3) is 11.6 Å². The molecule has 0 unspecified atom stereocenters. The smallest absolute Gasteiger partial charge is 0.319 e. The third-order valence-corrected chi connectivity index (χ3v) is 4.58. The molecule has 0 aliphatic rings. The van der Waals surface area contributed by atoms with Crippen molar-refractivity contribution < 1.29 is 24.0 Å². The zero-order valence-corrected chi connectivity index (χ0v) is 18.4. The monoisotopic (exact) mass is 536 g/mol. The highest BCUT2D eigenvalue weighted by Crippen LogP contribution is 2.35. The van der Waals surface area contributed by atoms with Crippen LogP contribution in [0.5, 0.6) is 11.5 Å². The van der Waals surface area contributed by atoms with Gasteiger partial charge in [-0.05, 0) is 71.0 Å². The van der Waals surface area contributed by atoms with Crippen LogP contribution in [0.15, 0.2) is 42.0 Å². The Labute approximate surface area is 190 Å². The Hall–Kier alpha value is -3.66. The summed E-state index contributed by atoms with van der Waals surface area (Å²) in [7, 11) is 0. The lowest BCUT2D eigenvalue weighted by Crippen LogP contribution is -2.35. The Morgan fingerprint density at radius 1 is 1.29 bits per heavy atom. The summed E-state index contributed by atoms with van der Waals surface area (Å²) in [6.07, 6.45) is 1.29. The van der Waals surface area contributed by atoms with Crippen LogP contribution in [-0.2, 0) is 11.4 Å². The maximum absolute atomic E-state index is 11.9. The summed E-state index contributed by atoms with van der Waals surface area (Å²) in [4.78, 5) is 33.0. The number of primary amides is 1. The van der Waals surface area contributed by atoms with Crippen LogP contribution in [0.2, 0.25) is 0 Å². The molecule has 160 valence electrons. The van der Waals surface area contributed by atoms with Gasteiger partial charge in [0.1, 0.15) is 18.2 Å². The molecule has 0 aliphatic carbocycles. The van der Waals surface area contributed by atoms with Crippen LogP contribution in [0.3, 0.4) is 0 Å². The first-order valence-corrected chi connectivity index (χ1v) is 9.88. The number of amides is 3. The SMILES string of the molecule is CCOc1cc(/C=C(/C#N)C(=O)NC(N)=O)cc(I)c1OCc1ccc([N+](=O)[O-])cc1. The fourth-order valence-corrected chi connectivity index (χ4v) is 3.22. The van der Waals surface area contributed by atoms with E-state index in [1.807, 2.05) is 27.9 Å². The number of nitro groups is 1. The predicted octanol–water partition coefficient (Wildman–Crippen LogP) is 3.28. The molecule has 3 N–H and O–H groups in total. The van der Waals surface area contributed by atoms with Crippen molar-refractivity contribution in [2.24, 2.45) is 5.73 Å². The van der Waals surface area contributed by atoms with E-state index in [-0.39, 0.29) is 17.9 Å². The highest BCUT2D eigenvalue weighted by molar-refractivity contribution is 14.1. The maximum Gasteiger partial charge on any atom is 0.319 e. The number of carbonyl (C=O) groups excluding carboxylic acids is 2. The minimum Gasteiger partial charge on any atom is -0.490 e. The van der Waals surface area contributed by atoms with Crippen LogP contribution >= 0.6 is 22.6 Å². The van der Waals surface area contributed by atoms with Gasteiger partial charge < -0.3 is 15.2 Å². The molecule has 0 aliphatic heterocycles. The molecule has 0 fully saturated rings. The van der Waals surface area contributed by atoms with Gasteiger partial charge in [-0.3, -0.25) is 20.2 Å². The zero-order valence-electron chi connectivity index (χ0n) is 16.3. The van der Waals surface area contributed by atoms with Crippen LogP contribution in [0.25, 0.3) is 6.08 Å². The Bertz CT molecular complexity index is 1080. The number of nitriles is 1. The lowest BCUT2D eigenvalue weighted by Gasteiger charge is -2.15. The first-order chi connectivity index (χ1) is 14.7. The van der Waals surface area contributed by atoms with E-state index in [2.05, 4.69) is 0 Å². The highest BCUT2D eigenvalue weighted by Gasteiger charge is 2.15. The standard InChI is InChI=1S/C20H17IN4O6/c1-2-30-17-9-13(7-14(10-22)19(26)24-20(23)27)8-16(21)18(17)31-11-12-3-5-15(6-4-12)25(28)29/h3-9H,2,11H2,1H3,(H3,23,24,26,27)/b14-7-. The number of hydrogen-bond donors (Lipinski definition) is 2. The van der Waals surface area contributed by atoms with E-state index >= 15 is 0 Å². The largest absolute Gasteiger partial charge is 0.490 e. The van der Waals surface area contributed by atoms with Crippen molar-refractivity contribution in [1.82, 2.24) is 5.32 Å². The molecule has 0 bridgehead atoms.